The average molecular weight is 375 g/mol. The van der Waals surface area contributed by atoms with Crippen molar-refractivity contribution in [2.45, 2.75) is 11.8 Å². The SMILES string of the molecule is COc1ccc(-c2nnc(SCC(=O)N(C)Cc3cccs3)o2)cc1. The third kappa shape index (κ3) is 4.61. The zero-order valence-electron chi connectivity index (χ0n) is 13.8. The van der Waals surface area contributed by atoms with Gasteiger partial charge in [-0.2, -0.15) is 0 Å². The van der Waals surface area contributed by atoms with E-state index in [0.717, 1.165) is 16.2 Å². The van der Waals surface area contributed by atoms with Crippen LogP contribution in [0.3, 0.4) is 0 Å². The number of rotatable bonds is 7. The molecule has 0 bridgehead atoms. The number of benzene rings is 1. The van der Waals surface area contributed by atoms with Gasteiger partial charge >= 0.3 is 0 Å². The van der Waals surface area contributed by atoms with Gasteiger partial charge in [0.2, 0.25) is 11.8 Å². The van der Waals surface area contributed by atoms with E-state index in [2.05, 4.69) is 10.2 Å². The predicted octanol–water partition coefficient (Wildman–Crippen LogP) is 3.56. The topological polar surface area (TPSA) is 68.5 Å². The molecule has 6 nitrogen and oxygen atoms in total. The minimum Gasteiger partial charge on any atom is -0.497 e. The molecule has 3 aromatic rings. The van der Waals surface area contributed by atoms with Crippen molar-refractivity contribution in [2.75, 3.05) is 19.9 Å². The second-order valence-corrected chi connectivity index (χ2v) is 7.18. The van der Waals surface area contributed by atoms with Crippen molar-refractivity contribution in [3.05, 3.63) is 46.7 Å². The molecule has 130 valence electrons. The molecule has 0 unspecified atom stereocenters. The minimum atomic E-state index is 0.0163. The summed E-state index contributed by atoms with van der Waals surface area (Å²) in [7, 11) is 3.40. The molecule has 1 amide bonds. The van der Waals surface area contributed by atoms with Crippen LogP contribution in [-0.2, 0) is 11.3 Å². The largest absolute Gasteiger partial charge is 0.497 e. The number of thioether (sulfide) groups is 1. The van der Waals surface area contributed by atoms with Gasteiger partial charge in [0.15, 0.2) is 0 Å². The van der Waals surface area contributed by atoms with Gasteiger partial charge in [0.05, 0.1) is 19.4 Å². The Balaban J connectivity index is 1.55. The lowest BCUT2D eigenvalue weighted by Crippen LogP contribution is -2.27. The third-order valence-electron chi connectivity index (χ3n) is 3.46. The number of thiophene rings is 1. The van der Waals surface area contributed by atoms with Gasteiger partial charge in [-0.05, 0) is 35.7 Å². The predicted molar refractivity (Wildman–Crippen MR) is 97.8 cm³/mol. The molecule has 1 aromatic carbocycles. The van der Waals surface area contributed by atoms with Crippen LogP contribution >= 0.6 is 23.1 Å². The highest BCUT2D eigenvalue weighted by Crippen LogP contribution is 2.25. The van der Waals surface area contributed by atoms with Crippen molar-refractivity contribution in [1.82, 2.24) is 15.1 Å². The Hall–Kier alpha value is -2.32. The summed E-state index contributed by atoms with van der Waals surface area (Å²) in [6.07, 6.45) is 0. The Kier molecular flexibility index (Phi) is 5.72. The van der Waals surface area contributed by atoms with Crippen molar-refractivity contribution in [3.63, 3.8) is 0 Å². The Labute approximate surface area is 153 Å². The summed E-state index contributed by atoms with van der Waals surface area (Å²) in [6, 6.07) is 11.3. The van der Waals surface area contributed by atoms with E-state index in [4.69, 9.17) is 9.15 Å². The molecule has 0 fully saturated rings. The van der Waals surface area contributed by atoms with Crippen LogP contribution < -0.4 is 4.74 Å². The Morgan fingerprint density at radius 2 is 2.08 bits per heavy atom. The van der Waals surface area contributed by atoms with Crippen molar-refractivity contribution in [2.24, 2.45) is 0 Å². The fourth-order valence-corrected chi connectivity index (χ4v) is 3.54. The maximum absolute atomic E-state index is 12.2. The van der Waals surface area contributed by atoms with Gasteiger partial charge in [-0.15, -0.1) is 21.5 Å². The molecule has 0 aliphatic carbocycles. The first kappa shape index (κ1) is 17.5. The van der Waals surface area contributed by atoms with Crippen LogP contribution in [0.5, 0.6) is 5.75 Å². The quantitative estimate of drug-likeness (QED) is 0.588. The van der Waals surface area contributed by atoms with E-state index in [1.54, 1.807) is 30.4 Å². The summed E-state index contributed by atoms with van der Waals surface area (Å²) in [4.78, 5) is 15.0. The summed E-state index contributed by atoms with van der Waals surface area (Å²) >= 11 is 2.88. The van der Waals surface area contributed by atoms with Crippen molar-refractivity contribution in [3.8, 4) is 17.2 Å². The molecule has 0 saturated carbocycles. The molecule has 0 radical (unpaired) electrons. The van der Waals surface area contributed by atoms with Gasteiger partial charge in [0.1, 0.15) is 5.75 Å². The molecule has 8 heteroatoms. The molecule has 3 rings (SSSR count). The van der Waals surface area contributed by atoms with Crippen LogP contribution in [0, 0.1) is 0 Å². The number of ether oxygens (including phenoxy) is 1. The van der Waals surface area contributed by atoms with Gasteiger partial charge in [-0.25, -0.2) is 0 Å². The van der Waals surface area contributed by atoms with E-state index < -0.39 is 0 Å². The van der Waals surface area contributed by atoms with E-state index in [-0.39, 0.29) is 11.7 Å². The highest BCUT2D eigenvalue weighted by atomic mass is 32.2. The lowest BCUT2D eigenvalue weighted by Gasteiger charge is -2.15. The number of hydrogen-bond acceptors (Lipinski definition) is 7. The zero-order valence-corrected chi connectivity index (χ0v) is 15.5. The van der Waals surface area contributed by atoms with E-state index in [1.807, 2.05) is 41.8 Å². The summed E-state index contributed by atoms with van der Waals surface area (Å²) < 4.78 is 10.7. The molecule has 2 heterocycles. The van der Waals surface area contributed by atoms with E-state index in [9.17, 15) is 4.79 Å². The van der Waals surface area contributed by atoms with Crippen LogP contribution in [-0.4, -0.2) is 40.9 Å². The molecule has 2 aromatic heterocycles. The number of amides is 1. The Morgan fingerprint density at radius 3 is 2.76 bits per heavy atom. The van der Waals surface area contributed by atoms with Crippen molar-refractivity contribution < 1.29 is 13.9 Å². The van der Waals surface area contributed by atoms with Gasteiger partial charge in [-0.1, -0.05) is 17.8 Å². The van der Waals surface area contributed by atoms with Gasteiger partial charge in [0, 0.05) is 17.5 Å². The minimum absolute atomic E-state index is 0.0163. The Morgan fingerprint density at radius 1 is 1.28 bits per heavy atom. The second-order valence-electron chi connectivity index (χ2n) is 5.22. The van der Waals surface area contributed by atoms with Crippen LogP contribution in [0.1, 0.15) is 4.88 Å². The van der Waals surface area contributed by atoms with Crippen LogP contribution in [0.2, 0.25) is 0 Å². The van der Waals surface area contributed by atoms with Crippen LogP contribution in [0.4, 0.5) is 0 Å². The highest BCUT2D eigenvalue weighted by molar-refractivity contribution is 7.99. The van der Waals surface area contributed by atoms with E-state index in [0.29, 0.717) is 17.7 Å². The number of nitrogens with zero attached hydrogens (tertiary/aromatic N) is 3. The molecule has 25 heavy (non-hydrogen) atoms. The zero-order chi connectivity index (χ0) is 17.6. The van der Waals surface area contributed by atoms with Crippen molar-refractivity contribution >= 4 is 29.0 Å². The summed E-state index contributed by atoms with van der Waals surface area (Å²) in [5.74, 6) is 1.45. The monoisotopic (exact) mass is 375 g/mol. The van der Waals surface area contributed by atoms with Gasteiger partial charge in [-0.3, -0.25) is 4.79 Å². The van der Waals surface area contributed by atoms with Gasteiger partial charge < -0.3 is 14.1 Å². The molecule has 0 saturated heterocycles. The standard InChI is InChI=1S/C17H17N3O3S2/c1-20(10-14-4-3-9-24-14)15(21)11-25-17-19-18-16(23-17)12-5-7-13(22-2)8-6-12/h3-9H,10-11H2,1-2H3. The average Bonchev–Trinajstić information content (AvgIpc) is 3.31. The summed E-state index contributed by atoms with van der Waals surface area (Å²) in [6.45, 7) is 0.609. The molecule has 0 aliphatic rings. The van der Waals surface area contributed by atoms with Crippen molar-refractivity contribution in [1.29, 1.82) is 0 Å². The van der Waals surface area contributed by atoms with E-state index in [1.165, 1.54) is 11.8 Å². The second kappa shape index (κ2) is 8.17. The number of carbonyl (C=O) groups is 1. The summed E-state index contributed by atoms with van der Waals surface area (Å²) in [5, 5.41) is 10.4. The van der Waals surface area contributed by atoms with Crippen LogP contribution in [0.25, 0.3) is 11.5 Å². The first-order valence-corrected chi connectivity index (χ1v) is 9.39. The molecule has 0 spiro atoms. The normalized spacial score (nSPS) is 10.6. The number of methoxy groups -OCH3 is 1. The number of carbonyl (C=O) groups excluding carboxylic acids is 1. The molecule has 0 N–H and O–H groups in total. The Bertz CT molecular complexity index is 816. The highest BCUT2D eigenvalue weighted by Gasteiger charge is 2.14. The smallest absolute Gasteiger partial charge is 0.277 e. The number of aromatic nitrogens is 2. The fourth-order valence-electron chi connectivity index (χ4n) is 2.08. The number of hydrogen-bond donors (Lipinski definition) is 0. The molecular weight excluding hydrogens is 358 g/mol. The molecule has 0 aliphatic heterocycles. The molecular formula is C17H17N3O3S2. The maximum Gasteiger partial charge on any atom is 0.277 e. The summed E-state index contributed by atoms with van der Waals surface area (Å²) in [5.41, 5.74) is 0.807. The van der Waals surface area contributed by atoms with E-state index >= 15 is 0 Å². The maximum atomic E-state index is 12.2. The van der Waals surface area contributed by atoms with Gasteiger partial charge in [0.25, 0.3) is 5.22 Å². The van der Waals surface area contributed by atoms with Crippen LogP contribution in [0.15, 0.2) is 51.4 Å². The third-order valence-corrected chi connectivity index (χ3v) is 5.13. The first-order chi connectivity index (χ1) is 12.2. The lowest BCUT2D eigenvalue weighted by atomic mass is 10.2. The first-order valence-electron chi connectivity index (χ1n) is 7.53. The fraction of sp³-hybridized carbons (Fsp3) is 0.235. The molecule has 0 atom stereocenters. The lowest BCUT2D eigenvalue weighted by molar-refractivity contribution is -0.127.